The summed E-state index contributed by atoms with van der Waals surface area (Å²) in [5.41, 5.74) is 3.01. The Kier molecular flexibility index (Phi) is 6.18. The Labute approximate surface area is 207 Å². The van der Waals surface area contributed by atoms with Crippen molar-refractivity contribution in [3.63, 3.8) is 0 Å². The highest BCUT2D eigenvalue weighted by Crippen LogP contribution is 2.47. The zero-order chi connectivity index (χ0) is 23.8. The van der Waals surface area contributed by atoms with Crippen LogP contribution in [0, 0.1) is 13.8 Å². The first-order valence-corrected chi connectivity index (χ1v) is 13.0. The molecule has 174 valence electrons. The molecule has 1 aliphatic heterocycles. The van der Waals surface area contributed by atoms with Crippen LogP contribution in [0.1, 0.15) is 36.0 Å². The summed E-state index contributed by atoms with van der Waals surface area (Å²) in [5, 5.41) is 7.61. The molecule has 0 atom stereocenters. The van der Waals surface area contributed by atoms with Crippen molar-refractivity contribution in [1.29, 1.82) is 0 Å². The molecule has 2 amide bonds. The highest BCUT2D eigenvalue weighted by atomic mass is 32.2. The molecular weight excluding hydrogens is 462 g/mol. The predicted molar refractivity (Wildman–Crippen MR) is 142 cm³/mol. The SMILES string of the molecule is Cc1sc2nc(C(C)C)nc(NCCNC(=O)N3c4ccccc4Sc4ccccc43)c2c1C. The van der Waals surface area contributed by atoms with E-state index in [2.05, 4.69) is 50.5 Å². The van der Waals surface area contributed by atoms with Gasteiger partial charge in [0.25, 0.3) is 0 Å². The number of benzene rings is 2. The van der Waals surface area contributed by atoms with E-state index >= 15 is 0 Å². The van der Waals surface area contributed by atoms with Crippen molar-refractivity contribution in [3.8, 4) is 0 Å². The summed E-state index contributed by atoms with van der Waals surface area (Å²) in [7, 11) is 0. The first kappa shape index (κ1) is 22.7. The predicted octanol–water partition coefficient (Wildman–Crippen LogP) is 6.86. The van der Waals surface area contributed by atoms with E-state index in [1.165, 1.54) is 10.4 Å². The molecule has 0 unspecified atom stereocenters. The van der Waals surface area contributed by atoms with E-state index in [0.717, 1.165) is 43.0 Å². The Morgan fingerprint density at radius 3 is 2.26 bits per heavy atom. The van der Waals surface area contributed by atoms with E-state index in [9.17, 15) is 4.79 Å². The Balaban J connectivity index is 1.33. The minimum absolute atomic E-state index is 0.139. The van der Waals surface area contributed by atoms with Crippen molar-refractivity contribution in [1.82, 2.24) is 15.3 Å². The summed E-state index contributed by atoms with van der Waals surface area (Å²) in [6.45, 7) is 9.47. The van der Waals surface area contributed by atoms with Gasteiger partial charge in [-0.1, -0.05) is 49.9 Å². The van der Waals surface area contributed by atoms with E-state index < -0.39 is 0 Å². The van der Waals surface area contributed by atoms with E-state index in [1.807, 2.05) is 36.4 Å². The number of aromatic nitrogens is 2. The first-order chi connectivity index (χ1) is 16.4. The highest BCUT2D eigenvalue weighted by molar-refractivity contribution is 7.99. The third-order valence-corrected chi connectivity index (χ3v) is 8.12. The van der Waals surface area contributed by atoms with E-state index in [1.54, 1.807) is 28.0 Å². The number of anilines is 3. The quantitative estimate of drug-likeness (QED) is 0.300. The number of amides is 2. The van der Waals surface area contributed by atoms with Crippen LogP contribution >= 0.6 is 23.1 Å². The molecule has 0 fully saturated rings. The standard InChI is InChI=1S/C26H27N5OS2/c1-15(2)23-29-24(22-16(3)17(4)33-25(22)30-23)27-13-14-28-26(32)31-18-9-5-7-11-20(18)34-21-12-8-6-10-19(21)31/h5-12,15H,13-14H2,1-4H3,(H,28,32)(H,27,29,30). The molecule has 0 saturated heterocycles. The lowest BCUT2D eigenvalue weighted by Gasteiger charge is -2.31. The number of urea groups is 1. The van der Waals surface area contributed by atoms with Crippen LogP contribution < -0.4 is 15.5 Å². The molecule has 0 aliphatic carbocycles. The van der Waals surface area contributed by atoms with Crippen LogP contribution in [0.2, 0.25) is 0 Å². The van der Waals surface area contributed by atoms with Gasteiger partial charge in [-0.15, -0.1) is 11.3 Å². The van der Waals surface area contributed by atoms with Crippen LogP contribution in [0.5, 0.6) is 0 Å². The molecule has 3 heterocycles. The fourth-order valence-electron chi connectivity index (χ4n) is 4.01. The number of aryl methyl sites for hydroxylation is 2. The normalized spacial score (nSPS) is 12.6. The van der Waals surface area contributed by atoms with Gasteiger partial charge in [0.2, 0.25) is 0 Å². The van der Waals surface area contributed by atoms with Gasteiger partial charge in [0.05, 0.1) is 16.8 Å². The van der Waals surface area contributed by atoms with Gasteiger partial charge in [-0.05, 0) is 43.7 Å². The fraction of sp³-hybridized carbons (Fsp3) is 0.269. The maximum atomic E-state index is 13.3. The van der Waals surface area contributed by atoms with Gasteiger partial charge in [-0.3, -0.25) is 4.90 Å². The minimum Gasteiger partial charge on any atom is -0.368 e. The lowest BCUT2D eigenvalue weighted by molar-refractivity contribution is 0.248. The van der Waals surface area contributed by atoms with Gasteiger partial charge in [0.1, 0.15) is 16.5 Å². The van der Waals surface area contributed by atoms with Crippen molar-refractivity contribution >= 4 is 56.5 Å². The van der Waals surface area contributed by atoms with E-state index in [4.69, 9.17) is 9.97 Å². The van der Waals surface area contributed by atoms with Crippen molar-refractivity contribution < 1.29 is 4.79 Å². The van der Waals surface area contributed by atoms with Crippen molar-refractivity contribution in [3.05, 3.63) is 64.8 Å². The molecule has 0 spiro atoms. The molecule has 0 bridgehead atoms. The van der Waals surface area contributed by atoms with Gasteiger partial charge in [-0.2, -0.15) is 0 Å². The van der Waals surface area contributed by atoms with Gasteiger partial charge in [-0.25, -0.2) is 14.8 Å². The van der Waals surface area contributed by atoms with Gasteiger partial charge >= 0.3 is 6.03 Å². The summed E-state index contributed by atoms with van der Waals surface area (Å²) in [5.74, 6) is 1.92. The highest BCUT2D eigenvalue weighted by Gasteiger charge is 2.27. The van der Waals surface area contributed by atoms with Crippen molar-refractivity contribution in [2.24, 2.45) is 0 Å². The fourth-order valence-corrected chi connectivity index (χ4v) is 6.10. The average molecular weight is 490 g/mol. The maximum Gasteiger partial charge on any atom is 0.326 e. The Hall–Kier alpha value is -3.10. The molecule has 0 radical (unpaired) electrons. The maximum absolute atomic E-state index is 13.3. The van der Waals surface area contributed by atoms with Crippen LogP contribution in [0.4, 0.5) is 22.0 Å². The zero-order valence-electron chi connectivity index (χ0n) is 19.7. The number of nitrogens with one attached hydrogen (secondary N) is 2. The number of rotatable bonds is 5. The average Bonchev–Trinajstić information content (AvgIpc) is 3.13. The summed E-state index contributed by atoms with van der Waals surface area (Å²) < 4.78 is 0. The zero-order valence-corrected chi connectivity index (χ0v) is 21.3. The number of carbonyl (C=O) groups is 1. The second-order valence-electron chi connectivity index (χ2n) is 8.58. The number of carbonyl (C=O) groups excluding carboxylic acids is 1. The molecule has 0 saturated carbocycles. The number of hydrogen-bond donors (Lipinski definition) is 2. The summed E-state index contributed by atoms with van der Waals surface area (Å²) in [4.78, 5) is 29.0. The molecule has 5 rings (SSSR count). The van der Waals surface area contributed by atoms with Crippen molar-refractivity contribution in [2.75, 3.05) is 23.3 Å². The molecule has 2 aromatic heterocycles. The Bertz CT molecular complexity index is 1340. The minimum atomic E-state index is -0.139. The summed E-state index contributed by atoms with van der Waals surface area (Å²) in [6.07, 6.45) is 0. The number of hydrogen-bond acceptors (Lipinski definition) is 6. The van der Waals surface area contributed by atoms with Crippen LogP contribution in [0.25, 0.3) is 10.2 Å². The first-order valence-electron chi connectivity index (χ1n) is 11.4. The van der Waals surface area contributed by atoms with Gasteiger partial charge in [0, 0.05) is 33.7 Å². The van der Waals surface area contributed by atoms with Gasteiger partial charge < -0.3 is 10.6 Å². The number of fused-ring (bicyclic) bond motifs is 3. The van der Waals surface area contributed by atoms with Crippen LogP contribution in [0.3, 0.4) is 0 Å². The molecule has 8 heteroatoms. The number of thiophene rings is 1. The third kappa shape index (κ3) is 4.12. The second kappa shape index (κ2) is 9.27. The smallest absolute Gasteiger partial charge is 0.326 e. The number of para-hydroxylation sites is 2. The monoisotopic (exact) mass is 489 g/mol. The Morgan fingerprint density at radius 2 is 1.62 bits per heavy atom. The summed E-state index contributed by atoms with van der Waals surface area (Å²) >= 11 is 3.39. The van der Waals surface area contributed by atoms with Crippen LogP contribution in [-0.2, 0) is 0 Å². The third-order valence-electron chi connectivity index (χ3n) is 5.89. The summed E-state index contributed by atoms with van der Waals surface area (Å²) in [6, 6.07) is 15.9. The topological polar surface area (TPSA) is 70.1 Å². The lowest BCUT2D eigenvalue weighted by Crippen LogP contribution is -2.40. The van der Waals surface area contributed by atoms with Crippen LogP contribution in [-0.4, -0.2) is 29.1 Å². The van der Waals surface area contributed by atoms with Crippen molar-refractivity contribution in [2.45, 2.75) is 43.4 Å². The second-order valence-corrected chi connectivity index (χ2v) is 10.9. The molecule has 1 aliphatic rings. The van der Waals surface area contributed by atoms with E-state index in [0.29, 0.717) is 13.1 Å². The Morgan fingerprint density at radius 1 is 0.971 bits per heavy atom. The number of nitrogens with zero attached hydrogens (tertiary/aromatic N) is 3. The molecule has 34 heavy (non-hydrogen) atoms. The molecule has 2 N–H and O–H groups in total. The largest absolute Gasteiger partial charge is 0.368 e. The molecule has 4 aromatic rings. The molecule has 6 nitrogen and oxygen atoms in total. The molecular formula is C26H27N5OS2. The van der Waals surface area contributed by atoms with Crippen LogP contribution in [0.15, 0.2) is 58.3 Å². The lowest BCUT2D eigenvalue weighted by atomic mass is 10.1. The molecule has 2 aromatic carbocycles. The van der Waals surface area contributed by atoms with Gasteiger partial charge in [0.15, 0.2) is 0 Å². The van der Waals surface area contributed by atoms with E-state index in [-0.39, 0.29) is 11.9 Å².